The van der Waals surface area contributed by atoms with Crippen molar-refractivity contribution in [2.75, 3.05) is 10.6 Å². The molecule has 0 radical (unpaired) electrons. The summed E-state index contributed by atoms with van der Waals surface area (Å²) in [5.74, 6) is 0.700. The van der Waals surface area contributed by atoms with Crippen molar-refractivity contribution >= 4 is 23.2 Å². The van der Waals surface area contributed by atoms with Crippen LogP contribution < -0.4 is 15.4 Å². The molecule has 0 saturated heterocycles. The van der Waals surface area contributed by atoms with Crippen LogP contribution in [0, 0.1) is 22.7 Å². The third-order valence-electron chi connectivity index (χ3n) is 6.31. The summed E-state index contributed by atoms with van der Waals surface area (Å²) in [7, 11) is 0. The average Bonchev–Trinajstić information content (AvgIpc) is 3.55. The number of benzene rings is 1. The first kappa shape index (κ1) is 20.4. The molecule has 6 nitrogen and oxygen atoms in total. The van der Waals surface area contributed by atoms with Crippen LogP contribution in [-0.2, 0) is 16.2 Å². The highest BCUT2D eigenvalue weighted by atomic mass is 16.5. The lowest BCUT2D eigenvalue weighted by atomic mass is 10.1. The maximum atomic E-state index is 12.4. The first-order valence-electron chi connectivity index (χ1n) is 10.4. The Hall–Kier alpha value is -2.89. The third-order valence-corrected chi connectivity index (χ3v) is 6.31. The van der Waals surface area contributed by atoms with E-state index in [1.807, 2.05) is 24.3 Å². The van der Waals surface area contributed by atoms with Crippen LogP contribution in [0.4, 0.5) is 11.4 Å². The van der Waals surface area contributed by atoms with E-state index in [0.29, 0.717) is 18.2 Å². The van der Waals surface area contributed by atoms with Gasteiger partial charge in [0.25, 0.3) is 0 Å². The number of ether oxygens (including phenoxy) is 1. The lowest BCUT2D eigenvalue weighted by Crippen LogP contribution is -2.18. The van der Waals surface area contributed by atoms with Crippen molar-refractivity contribution in [3.8, 4) is 5.88 Å². The van der Waals surface area contributed by atoms with Crippen molar-refractivity contribution in [2.24, 2.45) is 22.7 Å². The number of para-hydroxylation sites is 1. The fourth-order valence-electron chi connectivity index (χ4n) is 3.74. The minimum atomic E-state index is 0.0407. The van der Waals surface area contributed by atoms with Gasteiger partial charge in [0.1, 0.15) is 6.61 Å². The van der Waals surface area contributed by atoms with E-state index in [0.717, 1.165) is 24.1 Å². The minimum absolute atomic E-state index is 0.0407. The zero-order valence-electron chi connectivity index (χ0n) is 18.0. The Balaban J connectivity index is 1.33. The van der Waals surface area contributed by atoms with Crippen LogP contribution in [0.25, 0.3) is 0 Å². The molecule has 2 saturated carbocycles. The van der Waals surface area contributed by atoms with Crippen LogP contribution in [-0.4, -0.2) is 16.8 Å². The van der Waals surface area contributed by atoms with Gasteiger partial charge in [0.05, 0.1) is 11.9 Å². The molecule has 2 aliphatic carbocycles. The lowest BCUT2D eigenvalue weighted by molar-refractivity contribution is -0.118. The van der Waals surface area contributed by atoms with E-state index in [4.69, 9.17) is 4.74 Å². The summed E-state index contributed by atoms with van der Waals surface area (Å²) in [6.45, 7) is 8.70. The Bertz CT molecular complexity index is 966. The molecule has 2 unspecified atom stereocenters. The molecule has 2 aliphatic rings. The molecule has 1 heterocycles. The number of anilines is 2. The van der Waals surface area contributed by atoms with E-state index >= 15 is 0 Å². The molecule has 1 aromatic carbocycles. The van der Waals surface area contributed by atoms with Crippen LogP contribution in [0.5, 0.6) is 5.88 Å². The molecule has 2 N–H and O–H groups in total. The Labute approximate surface area is 177 Å². The molecule has 0 spiro atoms. The van der Waals surface area contributed by atoms with Crippen molar-refractivity contribution < 1.29 is 14.3 Å². The molecule has 6 heteroatoms. The molecule has 2 amide bonds. The summed E-state index contributed by atoms with van der Waals surface area (Å²) in [6, 6.07) is 11.2. The highest BCUT2D eigenvalue weighted by Gasteiger charge is 2.51. The quantitative estimate of drug-likeness (QED) is 0.701. The number of aromatic nitrogens is 1. The predicted molar refractivity (Wildman–Crippen MR) is 116 cm³/mol. The van der Waals surface area contributed by atoms with E-state index in [-0.39, 0.29) is 34.5 Å². The molecular formula is C24H29N3O3. The molecule has 0 aliphatic heterocycles. The largest absolute Gasteiger partial charge is 0.473 e. The zero-order valence-corrected chi connectivity index (χ0v) is 18.0. The van der Waals surface area contributed by atoms with Crippen LogP contribution >= 0.6 is 0 Å². The Morgan fingerprint density at radius 3 is 2.13 bits per heavy atom. The fraction of sp³-hybridized carbons (Fsp3) is 0.458. The van der Waals surface area contributed by atoms with Crippen LogP contribution in [0.15, 0.2) is 42.6 Å². The summed E-state index contributed by atoms with van der Waals surface area (Å²) in [5.41, 5.74) is 2.50. The molecule has 0 bridgehead atoms. The second-order valence-corrected chi connectivity index (χ2v) is 9.80. The van der Waals surface area contributed by atoms with Crippen molar-refractivity contribution in [1.29, 1.82) is 0 Å². The number of carbonyl (C=O) groups excluding carboxylic acids is 2. The molecule has 2 aromatic rings. The topological polar surface area (TPSA) is 80.3 Å². The number of hydrogen-bond donors (Lipinski definition) is 2. The van der Waals surface area contributed by atoms with E-state index in [1.54, 1.807) is 18.3 Å². The highest BCUT2D eigenvalue weighted by molar-refractivity contribution is 5.96. The van der Waals surface area contributed by atoms with Crippen molar-refractivity contribution in [2.45, 2.75) is 47.1 Å². The highest BCUT2D eigenvalue weighted by Crippen LogP contribution is 2.52. The van der Waals surface area contributed by atoms with E-state index in [9.17, 15) is 9.59 Å². The number of carbonyl (C=O) groups is 2. The van der Waals surface area contributed by atoms with Crippen molar-refractivity contribution in [3.63, 3.8) is 0 Å². The second-order valence-electron chi connectivity index (χ2n) is 9.80. The van der Waals surface area contributed by atoms with Gasteiger partial charge in [0.2, 0.25) is 17.7 Å². The van der Waals surface area contributed by atoms with Crippen LogP contribution in [0.1, 0.15) is 46.1 Å². The molecular weight excluding hydrogens is 378 g/mol. The number of rotatable bonds is 7. The molecule has 158 valence electrons. The number of hydrogen-bond acceptors (Lipinski definition) is 4. The monoisotopic (exact) mass is 407 g/mol. The summed E-state index contributed by atoms with van der Waals surface area (Å²) < 4.78 is 5.81. The SMILES string of the molecule is CC1(C)CC1C(=O)Nc1ccc(OCc2ccccc2NC(=O)C2CC2(C)C)nc1. The van der Waals surface area contributed by atoms with Gasteiger partial charge in [-0.25, -0.2) is 4.98 Å². The molecule has 1 aromatic heterocycles. The van der Waals surface area contributed by atoms with Gasteiger partial charge in [-0.05, 0) is 35.8 Å². The summed E-state index contributed by atoms with van der Waals surface area (Å²) >= 11 is 0. The summed E-state index contributed by atoms with van der Waals surface area (Å²) in [6.07, 6.45) is 3.44. The molecule has 30 heavy (non-hydrogen) atoms. The van der Waals surface area contributed by atoms with Crippen molar-refractivity contribution in [1.82, 2.24) is 4.98 Å². The molecule has 4 rings (SSSR count). The number of amides is 2. The van der Waals surface area contributed by atoms with Crippen LogP contribution in [0.3, 0.4) is 0 Å². The first-order valence-corrected chi connectivity index (χ1v) is 10.4. The average molecular weight is 408 g/mol. The molecule has 2 atom stereocenters. The van der Waals surface area contributed by atoms with E-state index in [1.165, 1.54) is 0 Å². The maximum absolute atomic E-state index is 12.4. The van der Waals surface area contributed by atoms with Crippen molar-refractivity contribution in [3.05, 3.63) is 48.2 Å². The van der Waals surface area contributed by atoms with Gasteiger partial charge < -0.3 is 15.4 Å². The zero-order chi connectivity index (χ0) is 21.5. The second kappa shape index (κ2) is 7.42. The van der Waals surface area contributed by atoms with Gasteiger partial charge in [-0.2, -0.15) is 0 Å². The fourth-order valence-corrected chi connectivity index (χ4v) is 3.74. The number of nitrogens with zero attached hydrogens (tertiary/aromatic N) is 1. The number of nitrogens with one attached hydrogen (secondary N) is 2. The minimum Gasteiger partial charge on any atom is -0.473 e. The first-order chi connectivity index (χ1) is 14.2. The van der Waals surface area contributed by atoms with Gasteiger partial charge in [-0.15, -0.1) is 0 Å². The van der Waals surface area contributed by atoms with E-state index < -0.39 is 0 Å². The Kier molecular flexibility index (Phi) is 5.04. The maximum Gasteiger partial charge on any atom is 0.228 e. The predicted octanol–water partition coefficient (Wildman–Crippen LogP) is 4.63. The lowest BCUT2D eigenvalue weighted by Gasteiger charge is -2.13. The van der Waals surface area contributed by atoms with E-state index in [2.05, 4.69) is 43.3 Å². The van der Waals surface area contributed by atoms with Gasteiger partial charge in [-0.3, -0.25) is 9.59 Å². The Morgan fingerprint density at radius 1 is 0.967 bits per heavy atom. The van der Waals surface area contributed by atoms with Gasteiger partial charge in [-0.1, -0.05) is 45.9 Å². The Morgan fingerprint density at radius 2 is 1.57 bits per heavy atom. The van der Waals surface area contributed by atoms with Gasteiger partial charge in [0, 0.05) is 29.2 Å². The van der Waals surface area contributed by atoms with Gasteiger partial charge in [0.15, 0.2) is 0 Å². The smallest absolute Gasteiger partial charge is 0.228 e. The number of pyridine rings is 1. The summed E-state index contributed by atoms with van der Waals surface area (Å²) in [5, 5.41) is 5.94. The normalized spacial score (nSPS) is 22.7. The standard InChI is InChI=1S/C24H29N3O3/c1-23(2)11-17(23)21(28)26-16-9-10-20(25-13-16)30-14-15-7-5-6-8-19(15)27-22(29)18-12-24(18,3)4/h5-10,13,17-18H,11-12,14H2,1-4H3,(H,26,28)(H,27,29). The molecule has 2 fully saturated rings. The van der Waals surface area contributed by atoms with Crippen LogP contribution in [0.2, 0.25) is 0 Å². The van der Waals surface area contributed by atoms with Gasteiger partial charge >= 0.3 is 0 Å². The third kappa shape index (κ3) is 4.48. The summed E-state index contributed by atoms with van der Waals surface area (Å²) in [4.78, 5) is 28.9.